The van der Waals surface area contributed by atoms with Crippen molar-refractivity contribution in [1.82, 2.24) is 0 Å². The lowest BCUT2D eigenvalue weighted by Crippen LogP contribution is -2.13. The van der Waals surface area contributed by atoms with E-state index >= 15 is 4.39 Å². The number of fused-ring (bicyclic) bond motifs is 3. The second-order valence-electron chi connectivity index (χ2n) is 7.73. The standard InChI is InChI=1S/C23H26F2O2/c1-3-5-14-7-9-16(13-14)26-19-12-11-18-17-10-8-15(6-4-2)20(24)22(17)27-23(18)21(19)25/h8,10-12,14,16H,3-7,9,13H2,1-2H3. The molecule has 0 spiro atoms. The minimum atomic E-state index is -0.529. The van der Waals surface area contributed by atoms with Crippen molar-refractivity contribution in [2.45, 2.75) is 64.9 Å². The molecular formula is C23H26F2O2. The van der Waals surface area contributed by atoms with Gasteiger partial charge in [0.2, 0.25) is 5.82 Å². The number of hydrogen-bond donors (Lipinski definition) is 0. The highest BCUT2D eigenvalue weighted by molar-refractivity contribution is 6.05. The van der Waals surface area contributed by atoms with Gasteiger partial charge in [0.05, 0.1) is 6.10 Å². The molecule has 0 N–H and O–H groups in total. The maximum atomic E-state index is 15.0. The van der Waals surface area contributed by atoms with E-state index < -0.39 is 5.82 Å². The molecule has 144 valence electrons. The third-order valence-electron chi connectivity index (χ3n) is 5.74. The van der Waals surface area contributed by atoms with E-state index in [4.69, 9.17) is 9.15 Å². The first-order chi connectivity index (χ1) is 13.1. The van der Waals surface area contributed by atoms with Gasteiger partial charge in [0.1, 0.15) is 0 Å². The summed E-state index contributed by atoms with van der Waals surface area (Å²) in [6.07, 6.45) is 6.96. The summed E-state index contributed by atoms with van der Waals surface area (Å²) in [5, 5.41) is 1.20. The Morgan fingerprint density at radius 3 is 2.44 bits per heavy atom. The zero-order valence-electron chi connectivity index (χ0n) is 16.0. The zero-order valence-corrected chi connectivity index (χ0v) is 16.0. The highest BCUT2D eigenvalue weighted by Crippen LogP contribution is 2.38. The van der Waals surface area contributed by atoms with Crippen LogP contribution in [-0.4, -0.2) is 6.10 Å². The second kappa shape index (κ2) is 7.49. The normalized spacial score (nSPS) is 20.0. The Morgan fingerprint density at radius 1 is 0.963 bits per heavy atom. The minimum absolute atomic E-state index is 0.0470. The van der Waals surface area contributed by atoms with Crippen LogP contribution in [0.2, 0.25) is 0 Å². The Morgan fingerprint density at radius 2 is 1.70 bits per heavy atom. The lowest BCUT2D eigenvalue weighted by Gasteiger charge is -2.14. The van der Waals surface area contributed by atoms with E-state index in [9.17, 15) is 4.39 Å². The predicted octanol–water partition coefficient (Wildman–Crippen LogP) is 7.16. The van der Waals surface area contributed by atoms with E-state index in [-0.39, 0.29) is 28.8 Å². The van der Waals surface area contributed by atoms with Crippen molar-refractivity contribution in [2.24, 2.45) is 5.92 Å². The first-order valence-corrected chi connectivity index (χ1v) is 10.1. The smallest absolute Gasteiger partial charge is 0.208 e. The van der Waals surface area contributed by atoms with Gasteiger partial charge in [-0.1, -0.05) is 39.2 Å². The number of aryl methyl sites for hydroxylation is 1. The maximum absolute atomic E-state index is 15.0. The molecule has 2 aromatic carbocycles. The summed E-state index contributed by atoms with van der Waals surface area (Å²) in [5.41, 5.74) is 0.822. The van der Waals surface area contributed by atoms with E-state index in [2.05, 4.69) is 6.92 Å². The summed E-state index contributed by atoms with van der Waals surface area (Å²) in [4.78, 5) is 0. The van der Waals surface area contributed by atoms with E-state index in [0.717, 1.165) is 25.7 Å². The van der Waals surface area contributed by atoms with Crippen LogP contribution in [0.4, 0.5) is 8.78 Å². The second-order valence-corrected chi connectivity index (χ2v) is 7.73. The summed E-state index contributed by atoms with van der Waals surface area (Å²) in [6.45, 7) is 4.19. The van der Waals surface area contributed by atoms with Gasteiger partial charge in [-0.05, 0) is 55.4 Å². The Labute approximate surface area is 158 Å². The van der Waals surface area contributed by atoms with E-state index in [1.165, 1.54) is 12.8 Å². The molecule has 0 aliphatic heterocycles. The van der Waals surface area contributed by atoms with Crippen molar-refractivity contribution in [3.05, 3.63) is 41.5 Å². The Balaban J connectivity index is 1.67. The van der Waals surface area contributed by atoms with E-state index in [0.29, 0.717) is 28.7 Å². The molecule has 4 rings (SSSR count). The highest BCUT2D eigenvalue weighted by atomic mass is 19.1. The van der Waals surface area contributed by atoms with Gasteiger partial charge in [0.15, 0.2) is 22.7 Å². The largest absolute Gasteiger partial charge is 0.487 e. The Hall–Kier alpha value is -2.10. The molecule has 2 unspecified atom stereocenters. The predicted molar refractivity (Wildman–Crippen MR) is 104 cm³/mol. The van der Waals surface area contributed by atoms with Crippen LogP contribution in [0, 0.1) is 17.6 Å². The molecule has 1 saturated carbocycles. The molecule has 0 bridgehead atoms. The molecular weight excluding hydrogens is 346 g/mol. The van der Waals surface area contributed by atoms with Crippen LogP contribution in [0.5, 0.6) is 5.75 Å². The van der Waals surface area contributed by atoms with Gasteiger partial charge in [0, 0.05) is 10.8 Å². The maximum Gasteiger partial charge on any atom is 0.208 e. The first kappa shape index (κ1) is 18.3. The lowest BCUT2D eigenvalue weighted by atomic mass is 10.0. The van der Waals surface area contributed by atoms with Gasteiger partial charge in [-0.25, -0.2) is 4.39 Å². The molecule has 1 aromatic heterocycles. The molecule has 0 saturated heterocycles. The van der Waals surface area contributed by atoms with Gasteiger partial charge < -0.3 is 9.15 Å². The third-order valence-corrected chi connectivity index (χ3v) is 5.74. The van der Waals surface area contributed by atoms with Crippen LogP contribution >= 0.6 is 0 Å². The van der Waals surface area contributed by atoms with Crippen molar-refractivity contribution >= 4 is 21.9 Å². The van der Waals surface area contributed by atoms with E-state index in [1.54, 1.807) is 18.2 Å². The first-order valence-electron chi connectivity index (χ1n) is 10.1. The highest BCUT2D eigenvalue weighted by Gasteiger charge is 2.27. The van der Waals surface area contributed by atoms with Crippen molar-refractivity contribution < 1.29 is 17.9 Å². The van der Waals surface area contributed by atoms with Crippen LogP contribution < -0.4 is 4.74 Å². The molecule has 2 nitrogen and oxygen atoms in total. The molecule has 4 heteroatoms. The molecule has 27 heavy (non-hydrogen) atoms. The molecule has 0 amide bonds. The zero-order chi connectivity index (χ0) is 19.0. The topological polar surface area (TPSA) is 22.4 Å². The summed E-state index contributed by atoms with van der Waals surface area (Å²) >= 11 is 0. The molecule has 1 heterocycles. The van der Waals surface area contributed by atoms with Crippen molar-refractivity contribution in [1.29, 1.82) is 0 Å². The molecule has 3 aromatic rings. The van der Waals surface area contributed by atoms with Gasteiger partial charge in [-0.15, -0.1) is 0 Å². The summed E-state index contributed by atoms with van der Waals surface area (Å²) in [5.74, 6) is -0.0355. The summed E-state index contributed by atoms with van der Waals surface area (Å²) < 4.78 is 41.4. The van der Waals surface area contributed by atoms with Crippen LogP contribution in [0.15, 0.2) is 28.7 Å². The van der Waals surface area contributed by atoms with Crippen molar-refractivity contribution in [2.75, 3.05) is 0 Å². The van der Waals surface area contributed by atoms with Crippen LogP contribution in [0.3, 0.4) is 0 Å². The Bertz CT molecular complexity index is 960. The molecule has 1 aliphatic carbocycles. The number of benzene rings is 2. The number of halogens is 2. The van der Waals surface area contributed by atoms with Gasteiger partial charge >= 0.3 is 0 Å². The number of furan rings is 1. The molecule has 0 radical (unpaired) electrons. The average molecular weight is 372 g/mol. The SMILES string of the molecule is CCCc1ccc2c(oc3c(F)c(OC4CCC(CCC)C4)ccc32)c1F. The quantitative estimate of drug-likeness (QED) is 0.458. The monoisotopic (exact) mass is 372 g/mol. The fourth-order valence-corrected chi connectivity index (χ4v) is 4.40. The molecule has 2 atom stereocenters. The van der Waals surface area contributed by atoms with Crippen LogP contribution in [-0.2, 0) is 6.42 Å². The lowest BCUT2D eigenvalue weighted by molar-refractivity contribution is 0.194. The van der Waals surface area contributed by atoms with E-state index in [1.807, 2.05) is 13.0 Å². The fraction of sp³-hybridized carbons (Fsp3) is 0.478. The van der Waals surface area contributed by atoms with Crippen molar-refractivity contribution in [3.63, 3.8) is 0 Å². The minimum Gasteiger partial charge on any atom is -0.487 e. The molecule has 1 aliphatic rings. The third kappa shape index (κ3) is 3.30. The summed E-state index contributed by atoms with van der Waals surface area (Å²) in [7, 11) is 0. The number of hydrogen-bond acceptors (Lipinski definition) is 2. The fourth-order valence-electron chi connectivity index (χ4n) is 4.40. The number of rotatable bonds is 6. The Kier molecular flexibility index (Phi) is 5.07. The van der Waals surface area contributed by atoms with Gasteiger partial charge in [-0.3, -0.25) is 0 Å². The van der Waals surface area contributed by atoms with Gasteiger partial charge in [0.25, 0.3) is 0 Å². The molecule has 1 fully saturated rings. The average Bonchev–Trinajstić information content (AvgIpc) is 3.25. The number of ether oxygens (including phenoxy) is 1. The van der Waals surface area contributed by atoms with Crippen LogP contribution in [0.25, 0.3) is 21.9 Å². The van der Waals surface area contributed by atoms with Crippen molar-refractivity contribution in [3.8, 4) is 5.75 Å². The van der Waals surface area contributed by atoms with Crippen LogP contribution in [0.1, 0.15) is 57.9 Å². The van der Waals surface area contributed by atoms with Gasteiger partial charge in [-0.2, -0.15) is 4.39 Å². The summed E-state index contributed by atoms with van der Waals surface area (Å²) in [6, 6.07) is 7.01.